The highest BCUT2D eigenvalue weighted by atomic mass is 16.5. The molecule has 0 atom stereocenters. The molecule has 0 aliphatic heterocycles. The molecule has 31 heavy (non-hydrogen) atoms. The van der Waals surface area contributed by atoms with E-state index in [0.717, 1.165) is 39.0 Å². The van der Waals surface area contributed by atoms with Crippen molar-refractivity contribution < 1.29 is 14.2 Å². The first-order valence-electron chi connectivity index (χ1n) is 9.73. The molecule has 7 nitrogen and oxygen atoms in total. The summed E-state index contributed by atoms with van der Waals surface area (Å²) in [5.41, 5.74) is 2.54. The van der Waals surface area contributed by atoms with Crippen molar-refractivity contribution in [2.75, 3.05) is 19.5 Å². The molecule has 0 amide bonds. The van der Waals surface area contributed by atoms with Gasteiger partial charge >= 0.3 is 0 Å². The highest BCUT2D eigenvalue weighted by Gasteiger charge is 2.14. The monoisotopic (exact) mass is 412 g/mol. The number of methoxy groups -OCH3 is 2. The number of H-pyrrole nitrogens is 1. The van der Waals surface area contributed by atoms with Gasteiger partial charge in [-0.05, 0) is 36.4 Å². The minimum atomic E-state index is 0.615. The lowest BCUT2D eigenvalue weighted by atomic mass is 10.1. The van der Waals surface area contributed by atoms with E-state index in [1.165, 1.54) is 6.33 Å². The number of rotatable bonds is 6. The van der Waals surface area contributed by atoms with Gasteiger partial charge in [-0.3, -0.25) is 0 Å². The lowest BCUT2D eigenvalue weighted by Crippen LogP contribution is -1.99. The van der Waals surface area contributed by atoms with Gasteiger partial charge in [0.15, 0.2) is 11.5 Å². The highest BCUT2D eigenvalue weighted by molar-refractivity contribution is 6.00. The molecule has 3 aromatic carbocycles. The molecule has 7 heteroatoms. The van der Waals surface area contributed by atoms with Crippen LogP contribution < -0.4 is 19.5 Å². The van der Waals surface area contributed by atoms with Crippen molar-refractivity contribution in [3.8, 4) is 23.0 Å². The van der Waals surface area contributed by atoms with E-state index in [-0.39, 0.29) is 0 Å². The molecule has 0 aliphatic rings. The van der Waals surface area contributed by atoms with Crippen molar-refractivity contribution >= 4 is 33.3 Å². The molecule has 2 aromatic heterocycles. The summed E-state index contributed by atoms with van der Waals surface area (Å²) in [5, 5.41) is 5.21. The van der Waals surface area contributed by atoms with Crippen LogP contribution in [-0.4, -0.2) is 29.2 Å². The van der Waals surface area contributed by atoms with E-state index in [4.69, 9.17) is 14.2 Å². The van der Waals surface area contributed by atoms with Crippen molar-refractivity contribution in [2.45, 2.75) is 0 Å². The number of aromatic amines is 1. The fourth-order valence-electron chi connectivity index (χ4n) is 3.55. The van der Waals surface area contributed by atoms with E-state index in [9.17, 15) is 0 Å². The Hall–Kier alpha value is -4.26. The number of benzene rings is 3. The van der Waals surface area contributed by atoms with Crippen LogP contribution in [-0.2, 0) is 0 Å². The summed E-state index contributed by atoms with van der Waals surface area (Å²) in [4.78, 5) is 12.1. The molecular formula is C24H20N4O3. The van der Waals surface area contributed by atoms with Gasteiger partial charge in [0.05, 0.1) is 30.9 Å². The molecule has 0 fully saturated rings. The maximum atomic E-state index is 6.08. The Bertz CT molecular complexity index is 1370. The van der Waals surface area contributed by atoms with Crippen molar-refractivity contribution in [1.29, 1.82) is 0 Å². The highest BCUT2D eigenvalue weighted by Crippen LogP contribution is 2.37. The summed E-state index contributed by atoms with van der Waals surface area (Å²) < 4.78 is 16.9. The Labute approximate surface area is 178 Å². The molecule has 0 unspecified atom stereocenters. The van der Waals surface area contributed by atoms with Gasteiger partial charge < -0.3 is 24.5 Å². The minimum Gasteiger partial charge on any atom is -0.493 e. The normalized spacial score (nSPS) is 10.9. The van der Waals surface area contributed by atoms with Crippen molar-refractivity contribution in [3.63, 3.8) is 0 Å². The van der Waals surface area contributed by atoms with Gasteiger partial charge in [-0.15, -0.1) is 0 Å². The first kappa shape index (κ1) is 18.7. The molecule has 2 N–H and O–H groups in total. The second-order valence-corrected chi connectivity index (χ2v) is 6.86. The summed E-state index contributed by atoms with van der Waals surface area (Å²) in [5.74, 6) is 3.46. The van der Waals surface area contributed by atoms with Crippen LogP contribution >= 0.6 is 0 Å². The van der Waals surface area contributed by atoms with Gasteiger partial charge in [0, 0.05) is 23.0 Å². The number of nitrogens with one attached hydrogen (secondary N) is 2. The average molecular weight is 412 g/mol. The fraction of sp³-hybridized carbons (Fsp3) is 0.0833. The predicted octanol–water partition coefficient (Wildman–Crippen LogP) is 5.66. The van der Waals surface area contributed by atoms with Gasteiger partial charge in [-0.25, -0.2) is 9.97 Å². The van der Waals surface area contributed by atoms with Crippen molar-refractivity contribution in [2.24, 2.45) is 0 Å². The standard InChI is InChI=1S/C24H20N4O3/c1-29-21-12-17-19(13-22(21)30-2)26-14-27-24(17)28-18-8-9-20(16-10-11-25-23(16)18)31-15-6-4-3-5-7-15/h3-14,25H,1-2H3,(H,26,27,28). The molecular weight excluding hydrogens is 392 g/mol. The largest absolute Gasteiger partial charge is 0.493 e. The molecule has 0 saturated carbocycles. The van der Waals surface area contributed by atoms with E-state index in [1.54, 1.807) is 14.2 Å². The Kier molecular flexibility index (Phi) is 4.76. The predicted molar refractivity (Wildman–Crippen MR) is 121 cm³/mol. The van der Waals surface area contributed by atoms with E-state index < -0.39 is 0 Å². The second kappa shape index (κ2) is 7.87. The SMILES string of the molecule is COc1cc2ncnc(Nc3ccc(Oc4ccccc4)c4cc[nH]c34)c2cc1OC. The van der Waals surface area contributed by atoms with Crippen LogP contribution in [0.15, 0.2) is 73.2 Å². The van der Waals surface area contributed by atoms with E-state index in [1.807, 2.05) is 66.9 Å². The van der Waals surface area contributed by atoms with Crippen LogP contribution in [0.1, 0.15) is 0 Å². The van der Waals surface area contributed by atoms with Crippen LogP contribution in [0.4, 0.5) is 11.5 Å². The van der Waals surface area contributed by atoms with Crippen LogP contribution in [0, 0.1) is 0 Å². The third-order valence-corrected chi connectivity index (χ3v) is 5.05. The number of hydrogen-bond acceptors (Lipinski definition) is 6. The molecule has 5 aromatic rings. The Morgan fingerprint density at radius 2 is 1.61 bits per heavy atom. The summed E-state index contributed by atoms with van der Waals surface area (Å²) in [7, 11) is 3.21. The molecule has 0 saturated heterocycles. The summed E-state index contributed by atoms with van der Waals surface area (Å²) >= 11 is 0. The molecule has 0 aliphatic carbocycles. The van der Waals surface area contributed by atoms with Gasteiger partial charge in [0.2, 0.25) is 0 Å². The Morgan fingerprint density at radius 1 is 0.806 bits per heavy atom. The number of para-hydroxylation sites is 1. The van der Waals surface area contributed by atoms with Crippen LogP contribution in [0.3, 0.4) is 0 Å². The number of nitrogens with zero attached hydrogens (tertiary/aromatic N) is 2. The van der Waals surface area contributed by atoms with Crippen molar-refractivity contribution in [3.05, 3.63) is 73.2 Å². The van der Waals surface area contributed by atoms with Gasteiger partial charge in [-0.1, -0.05) is 18.2 Å². The maximum Gasteiger partial charge on any atom is 0.162 e. The third-order valence-electron chi connectivity index (χ3n) is 5.05. The van der Waals surface area contributed by atoms with Gasteiger partial charge in [0.1, 0.15) is 23.6 Å². The number of hydrogen-bond donors (Lipinski definition) is 2. The van der Waals surface area contributed by atoms with Crippen LogP contribution in [0.5, 0.6) is 23.0 Å². The van der Waals surface area contributed by atoms with Crippen molar-refractivity contribution in [1.82, 2.24) is 15.0 Å². The zero-order valence-electron chi connectivity index (χ0n) is 17.0. The quantitative estimate of drug-likeness (QED) is 0.374. The molecule has 2 heterocycles. The fourth-order valence-corrected chi connectivity index (χ4v) is 3.55. The van der Waals surface area contributed by atoms with Crippen LogP contribution in [0.25, 0.3) is 21.8 Å². The molecule has 154 valence electrons. The second-order valence-electron chi connectivity index (χ2n) is 6.86. The number of anilines is 2. The lowest BCUT2D eigenvalue weighted by molar-refractivity contribution is 0.356. The Morgan fingerprint density at radius 3 is 2.42 bits per heavy atom. The third kappa shape index (κ3) is 3.46. The zero-order chi connectivity index (χ0) is 21.2. The first-order valence-corrected chi connectivity index (χ1v) is 9.73. The number of ether oxygens (including phenoxy) is 3. The molecule has 0 spiro atoms. The summed E-state index contributed by atoms with van der Waals surface area (Å²) in [6.45, 7) is 0. The summed E-state index contributed by atoms with van der Waals surface area (Å²) in [6, 6.07) is 19.3. The van der Waals surface area contributed by atoms with E-state index in [0.29, 0.717) is 17.3 Å². The van der Waals surface area contributed by atoms with Crippen LogP contribution in [0.2, 0.25) is 0 Å². The Balaban J connectivity index is 1.55. The maximum absolute atomic E-state index is 6.08. The van der Waals surface area contributed by atoms with E-state index in [2.05, 4.69) is 20.3 Å². The number of fused-ring (bicyclic) bond motifs is 2. The number of aromatic nitrogens is 3. The zero-order valence-corrected chi connectivity index (χ0v) is 17.0. The minimum absolute atomic E-state index is 0.615. The smallest absolute Gasteiger partial charge is 0.162 e. The van der Waals surface area contributed by atoms with Gasteiger partial charge in [0.25, 0.3) is 0 Å². The van der Waals surface area contributed by atoms with Gasteiger partial charge in [-0.2, -0.15) is 0 Å². The summed E-state index contributed by atoms with van der Waals surface area (Å²) in [6.07, 6.45) is 3.41. The average Bonchev–Trinajstić information content (AvgIpc) is 3.31. The molecule has 0 radical (unpaired) electrons. The topological polar surface area (TPSA) is 81.3 Å². The first-order chi connectivity index (χ1) is 15.3. The lowest BCUT2D eigenvalue weighted by Gasteiger charge is -2.14. The van der Waals surface area contributed by atoms with E-state index >= 15 is 0 Å². The molecule has 0 bridgehead atoms. The molecule has 5 rings (SSSR count).